The van der Waals surface area contributed by atoms with Gasteiger partial charge in [-0.15, -0.1) is 0 Å². The van der Waals surface area contributed by atoms with Gasteiger partial charge >= 0.3 is 0 Å². The number of nitrogens with two attached hydrogens (primary N) is 1. The molecular formula is C14H25N3O3. The number of nitrogens with zero attached hydrogens (tertiary/aromatic N) is 2. The molecular weight excluding hydrogens is 258 g/mol. The van der Waals surface area contributed by atoms with Gasteiger partial charge in [0.15, 0.2) is 5.60 Å². The fourth-order valence-electron chi connectivity index (χ4n) is 2.82. The van der Waals surface area contributed by atoms with Crippen LogP contribution in [-0.4, -0.2) is 66.5 Å². The first-order chi connectivity index (χ1) is 9.51. The monoisotopic (exact) mass is 283 g/mol. The van der Waals surface area contributed by atoms with Crippen LogP contribution in [0.5, 0.6) is 0 Å². The number of carbonyl (C=O) groups is 2. The molecule has 0 aliphatic carbocycles. The van der Waals surface area contributed by atoms with E-state index in [4.69, 9.17) is 10.5 Å². The Morgan fingerprint density at radius 3 is 2.40 bits per heavy atom. The molecule has 2 saturated heterocycles. The summed E-state index contributed by atoms with van der Waals surface area (Å²) >= 11 is 0. The maximum absolute atomic E-state index is 12.4. The largest absolute Gasteiger partial charge is 0.367 e. The summed E-state index contributed by atoms with van der Waals surface area (Å²) in [5.41, 5.74) is 4.31. The Labute approximate surface area is 120 Å². The number of primary amides is 1. The smallest absolute Gasteiger partial charge is 0.251 e. The van der Waals surface area contributed by atoms with Crippen molar-refractivity contribution in [3.05, 3.63) is 0 Å². The topological polar surface area (TPSA) is 75.9 Å². The molecule has 2 fully saturated rings. The first kappa shape index (κ1) is 15.3. The van der Waals surface area contributed by atoms with E-state index in [0.29, 0.717) is 19.7 Å². The van der Waals surface area contributed by atoms with Crippen molar-refractivity contribution in [2.24, 2.45) is 5.73 Å². The second-order valence-electron chi connectivity index (χ2n) is 5.95. The van der Waals surface area contributed by atoms with Crippen LogP contribution in [0.3, 0.4) is 0 Å². The van der Waals surface area contributed by atoms with Gasteiger partial charge in [-0.3, -0.25) is 14.5 Å². The molecule has 0 saturated carbocycles. The van der Waals surface area contributed by atoms with Crippen molar-refractivity contribution in [3.63, 3.8) is 0 Å². The molecule has 2 rings (SSSR count). The third-order valence-electron chi connectivity index (χ3n) is 4.21. The first-order valence-corrected chi connectivity index (χ1v) is 7.45. The molecule has 6 nitrogen and oxygen atoms in total. The fourth-order valence-corrected chi connectivity index (χ4v) is 2.82. The maximum Gasteiger partial charge on any atom is 0.251 e. The number of rotatable bonds is 3. The average Bonchev–Trinajstić information content (AvgIpc) is 2.67. The van der Waals surface area contributed by atoms with E-state index in [1.807, 2.05) is 0 Å². The zero-order chi connectivity index (χ0) is 14.6. The van der Waals surface area contributed by atoms with Gasteiger partial charge in [0.05, 0.1) is 19.7 Å². The lowest BCUT2D eigenvalue weighted by Crippen LogP contribution is -2.59. The summed E-state index contributed by atoms with van der Waals surface area (Å²) < 4.78 is 5.44. The highest BCUT2D eigenvalue weighted by atomic mass is 16.5. The Hall–Kier alpha value is -1.14. The molecule has 2 N–H and O–H groups in total. The lowest BCUT2D eigenvalue weighted by Gasteiger charge is -2.39. The van der Waals surface area contributed by atoms with Gasteiger partial charge in [-0.05, 0) is 32.9 Å². The van der Waals surface area contributed by atoms with Gasteiger partial charge in [0.1, 0.15) is 0 Å². The minimum atomic E-state index is -1.05. The lowest BCUT2D eigenvalue weighted by atomic mass is 10.0. The quantitative estimate of drug-likeness (QED) is 0.789. The van der Waals surface area contributed by atoms with Crippen molar-refractivity contribution in [3.8, 4) is 0 Å². The number of hydrogen-bond donors (Lipinski definition) is 1. The van der Waals surface area contributed by atoms with E-state index in [1.54, 1.807) is 11.8 Å². The van der Waals surface area contributed by atoms with Crippen LogP contribution < -0.4 is 5.73 Å². The van der Waals surface area contributed by atoms with Crippen LogP contribution in [0.1, 0.15) is 32.6 Å². The lowest BCUT2D eigenvalue weighted by molar-refractivity contribution is -0.160. The summed E-state index contributed by atoms with van der Waals surface area (Å²) in [4.78, 5) is 27.7. The van der Waals surface area contributed by atoms with Gasteiger partial charge in [-0.25, -0.2) is 0 Å². The first-order valence-electron chi connectivity index (χ1n) is 7.45. The Morgan fingerprint density at radius 2 is 1.80 bits per heavy atom. The van der Waals surface area contributed by atoms with E-state index in [0.717, 1.165) is 25.9 Å². The van der Waals surface area contributed by atoms with Crippen LogP contribution in [0.15, 0.2) is 0 Å². The Balaban J connectivity index is 1.89. The molecule has 2 aliphatic heterocycles. The molecule has 6 heteroatoms. The summed E-state index contributed by atoms with van der Waals surface area (Å²) in [5.74, 6) is -0.438. The number of ether oxygens (including phenoxy) is 1. The third-order valence-corrected chi connectivity index (χ3v) is 4.21. The molecule has 0 aromatic rings. The van der Waals surface area contributed by atoms with Crippen LogP contribution >= 0.6 is 0 Å². The highest BCUT2D eigenvalue weighted by Gasteiger charge is 2.39. The highest BCUT2D eigenvalue weighted by Crippen LogP contribution is 2.18. The minimum Gasteiger partial charge on any atom is -0.367 e. The van der Waals surface area contributed by atoms with Crippen molar-refractivity contribution in [2.45, 2.75) is 38.2 Å². The zero-order valence-electron chi connectivity index (χ0n) is 12.3. The molecule has 2 heterocycles. The van der Waals surface area contributed by atoms with Crippen LogP contribution in [0.25, 0.3) is 0 Å². The molecule has 1 atom stereocenters. The Kier molecular flexibility index (Phi) is 4.99. The highest BCUT2D eigenvalue weighted by molar-refractivity contribution is 5.85. The molecule has 0 aromatic carbocycles. The van der Waals surface area contributed by atoms with Gasteiger partial charge in [-0.2, -0.15) is 0 Å². The summed E-state index contributed by atoms with van der Waals surface area (Å²) in [7, 11) is 0. The predicted octanol–water partition coefficient (Wildman–Crippen LogP) is -0.0348. The van der Waals surface area contributed by atoms with Gasteiger partial charge in [0.25, 0.3) is 5.91 Å². The predicted molar refractivity (Wildman–Crippen MR) is 75.0 cm³/mol. The number of morpholine rings is 1. The van der Waals surface area contributed by atoms with E-state index in [9.17, 15) is 9.59 Å². The number of amides is 2. The number of hydrogen-bond acceptors (Lipinski definition) is 4. The molecule has 114 valence electrons. The van der Waals surface area contributed by atoms with Gasteiger partial charge in [0, 0.05) is 6.54 Å². The number of likely N-dealkylation sites (tertiary alicyclic amines) is 1. The summed E-state index contributed by atoms with van der Waals surface area (Å²) in [6.45, 7) is 5.23. The standard InChI is InChI=1S/C14H25N3O3/c1-14(13(15)19)11-17(8-9-20-14)12(18)10-16-6-4-2-3-5-7-16/h2-11H2,1H3,(H2,15,19)/t14-/m1/s1. The molecule has 20 heavy (non-hydrogen) atoms. The van der Waals surface area contributed by atoms with Crippen LogP contribution in [-0.2, 0) is 14.3 Å². The molecule has 0 bridgehead atoms. The molecule has 0 aromatic heterocycles. The molecule has 2 amide bonds. The minimum absolute atomic E-state index is 0.0719. The van der Waals surface area contributed by atoms with E-state index in [2.05, 4.69) is 4.90 Å². The van der Waals surface area contributed by atoms with Crippen molar-refractivity contribution >= 4 is 11.8 Å². The molecule has 0 spiro atoms. The van der Waals surface area contributed by atoms with Gasteiger partial charge in [-0.1, -0.05) is 12.8 Å². The Morgan fingerprint density at radius 1 is 1.15 bits per heavy atom. The number of carbonyl (C=O) groups excluding carboxylic acids is 2. The van der Waals surface area contributed by atoms with Gasteiger partial charge < -0.3 is 15.4 Å². The van der Waals surface area contributed by atoms with Crippen LogP contribution in [0.4, 0.5) is 0 Å². The Bertz CT molecular complexity index is 367. The SMILES string of the molecule is C[C@]1(C(N)=O)CN(C(=O)CN2CCCCCC2)CCO1. The molecule has 0 unspecified atom stereocenters. The molecule has 0 radical (unpaired) electrons. The van der Waals surface area contributed by atoms with Crippen LogP contribution in [0.2, 0.25) is 0 Å². The second kappa shape index (κ2) is 6.54. The normalized spacial score (nSPS) is 28.9. The van der Waals surface area contributed by atoms with E-state index >= 15 is 0 Å². The summed E-state index contributed by atoms with van der Waals surface area (Å²) in [6.07, 6.45) is 4.83. The zero-order valence-corrected chi connectivity index (χ0v) is 12.3. The van der Waals surface area contributed by atoms with Crippen molar-refractivity contribution in [1.82, 2.24) is 9.80 Å². The molecule has 2 aliphatic rings. The van der Waals surface area contributed by atoms with Crippen molar-refractivity contribution < 1.29 is 14.3 Å². The van der Waals surface area contributed by atoms with Gasteiger partial charge in [0.2, 0.25) is 5.91 Å². The van der Waals surface area contributed by atoms with Crippen molar-refractivity contribution in [1.29, 1.82) is 0 Å². The third kappa shape index (κ3) is 3.70. The average molecular weight is 283 g/mol. The maximum atomic E-state index is 12.4. The fraction of sp³-hybridized carbons (Fsp3) is 0.857. The van der Waals surface area contributed by atoms with E-state index < -0.39 is 11.5 Å². The van der Waals surface area contributed by atoms with Crippen LogP contribution in [0, 0.1) is 0 Å². The van der Waals surface area contributed by atoms with E-state index in [1.165, 1.54) is 12.8 Å². The summed E-state index contributed by atoms with van der Waals surface area (Å²) in [6, 6.07) is 0. The van der Waals surface area contributed by atoms with E-state index in [-0.39, 0.29) is 12.5 Å². The summed E-state index contributed by atoms with van der Waals surface area (Å²) in [5, 5.41) is 0. The van der Waals surface area contributed by atoms with Crippen molar-refractivity contribution in [2.75, 3.05) is 39.3 Å². The second-order valence-corrected chi connectivity index (χ2v) is 5.95.